The lowest BCUT2D eigenvalue weighted by Gasteiger charge is -2.33. The lowest BCUT2D eigenvalue weighted by atomic mass is 10.1. The lowest BCUT2D eigenvalue weighted by Crippen LogP contribution is -2.54. The summed E-state index contributed by atoms with van der Waals surface area (Å²) in [5.74, 6) is -1.34. The maximum absolute atomic E-state index is 14.0. The summed E-state index contributed by atoms with van der Waals surface area (Å²) in [6, 6.07) is 20.0. The number of nitrogens with one attached hydrogen (secondary N) is 1. The summed E-state index contributed by atoms with van der Waals surface area (Å²) in [7, 11) is -4.19. The average Bonchev–Trinajstić information content (AvgIpc) is 2.95. The van der Waals surface area contributed by atoms with Gasteiger partial charge in [-0.25, -0.2) is 12.8 Å². The first-order chi connectivity index (χ1) is 19.1. The topological polar surface area (TPSA) is 86.8 Å². The van der Waals surface area contributed by atoms with Gasteiger partial charge in [-0.2, -0.15) is 0 Å². The van der Waals surface area contributed by atoms with E-state index >= 15 is 0 Å². The van der Waals surface area contributed by atoms with E-state index in [0.29, 0.717) is 12.8 Å². The second kappa shape index (κ2) is 14.1. The van der Waals surface area contributed by atoms with E-state index in [1.165, 1.54) is 29.2 Å². The van der Waals surface area contributed by atoms with E-state index in [1.54, 1.807) is 12.1 Å². The predicted octanol–water partition coefficient (Wildman–Crippen LogP) is 5.09. The first-order valence-corrected chi connectivity index (χ1v) is 15.0. The highest BCUT2D eigenvalue weighted by Gasteiger charge is 2.33. The molecule has 3 aromatic rings. The van der Waals surface area contributed by atoms with Crippen LogP contribution in [0.1, 0.15) is 44.7 Å². The number of anilines is 1. The molecule has 0 spiro atoms. The number of carbonyl (C=O) groups excluding carboxylic acids is 2. The van der Waals surface area contributed by atoms with Gasteiger partial charge in [-0.15, -0.1) is 0 Å². The Morgan fingerprint density at radius 3 is 2.10 bits per heavy atom. The van der Waals surface area contributed by atoms with E-state index in [0.717, 1.165) is 34.0 Å². The van der Waals surface area contributed by atoms with Crippen LogP contribution in [0.15, 0.2) is 83.8 Å². The number of amides is 2. The minimum Gasteiger partial charge on any atom is -0.352 e. The molecule has 0 radical (unpaired) electrons. The highest BCUT2D eigenvalue weighted by molar-refractivity contribution is 7.92. The molecule has 0 fully saturated rings. The Kier molecular flexibility index (Phi) is 10.8. The van der Waals surface area contributed by atoms with Crippen LogP contribution >= 0.6 is 0 Å². The molecule has 0 unspecified atom stereocenters. The zero-order valence-corrected chi connectivity index (χ0v) is 24.3. The van der Waals surface area contributed by atoms with E-state index in [-0.39, 0.29) is 29.1 Å². The molecular weight excluding hydrogens is 529 g/mol. The van der Waals surface area contributed by atoms with Gasteiger partial charge in [-0.05, 0) is 75.1 Å². The van der Waals surface area contributed by atoms with Crippen molar-refractivity contribution in [3.05, 3.63) is 95.8 Å². The summed E-state index contributed by atoms with van der Waals surface area (Å²) < 4.78 is 42.3. The van der Waals surface area contributed by atoms with Crippen molar-refractivity contribution in [1.29, 1.82) is 0 Å². The molecule has 0 aliphatic rings. The molecule has 0 aliphatic carbocycles. The van der Waals surface area contributed by atoms with Gasteiger partial charge < -0.3 is 10.2 Å². The van der Waals surface area contributed by atoms with Crippen molar-refractivity contribution in [2.24, 2.45) is 0 Å². The van der Waals surface area contributed by atoms with Crippen LogP contribution in [0.2, 0.25) is 0 Å². The van der Waals surface area contributed by atoms with Crippen molar-refractivity contribution in [3.8, 4) is 0 Å². The van der Waals surface area contributed by atoms with Crippen molar-refractivity contribution < 1.29 is 22.4 Å². The zero-order valence-electron chi connectivity index (χ0n) is 23.5. The van der Waals surface area contributed by atoms with Crippen LogP contribution in [0.5, 0.6) is 0 Å². The van der Waals surface area contributed by atoms with Crippen LogP contribution in [-0.2, 0) is 26.0 Å². The molecule has 9 heteroatoms. The number of sulfonamides is 1. The van der Waals surface area contributed by atoms with Crippen LogP contribution in [0.4, 0.5) is 10.1 Å². The number of hydrogen-bond donors (Lipinski definition) is 1. The van der Waals surface area contributed by atoms with Gasteiger partial charge in [0.05, 0.1) is 10.6 Å². The van der Waals surface area contributed by atoms with E-state index in [1.807, 2.05) is 58.0 Å². The second-order valence-corrected chi connectivity index (χ2v) is 11.7. The molecule has 2 atom stereocenters. The van der Waals surface area contributed by atoms with Gasteiger partial charge in [0, 0.05) is 12.6 Å². The Labute approximate surface area is 237 Å². The third-order valence-corrected chi connectivity index (χ3v) is 8.66. The smallest absolute Gasteiger partial charge is 0.264 e. The molecule has 0 aromatic heterocycles. The molecular formula is C31H38FN3O4S. The molecule has 1 N–H and O–H groups in total. The quantitative estimate of drug-likeness (QED) is 0.312. The van der Waals surface area contributed by atoms with Crippen LogP contribution in [-0.4, -0.2) is 50.3 Å². The Bertz CT molecular complexity index is 1360. The Hall–Kier alpha value is -3.72. The van der Waals surface area contributed by atoms with Gasteiger partial charge in [-0.3, -0.25) is 13.9 Å². The van der Waals surface area contributed by atoms with Crippen molar-refractivity contribution >= 4 is 27.5 Å². The first-order valence-electron chi connectivity index (χ1n) is 13.6. The average molecular weight is 568 g/mol. The van der Waals surface area contributed by atoms with Gasteiger partial charge in [0.25, 0.3) is 10.0 Å². The highest BCUT2D eigenvalue weighted by atomic mass is 32.2. The maximum Gasteiger partial charge on any atom is 0.264 e. The Morgan fingerprint density at radius 2 is 1.52 bits per heavy atom. The lowest BCUT2D eigenvalue weighted by molar-refractivity contribution is -0.139. The summed E-state index contributed by atoms with van der Waals surface area (Å²) in [6.45, 7) is 7.19. The number of carbonyl (C=O) groups is 2. The minimum absolute atomic E-state index is 0.00705. The molecule has 0 heterocycles. The van der Waals surface area contributed by atoms with Gasteiger partial charge in [0.15, 0.2) is 0 Å². The second-order valence-electron chi connectivity index (χ2n) is 9.87. The number of nitrogens with zero attached hydrogens (tertiary/aromatic N) is 2. The first kappa shape index (κ1) is 30.8. The Morgan fingerprint density at radius 1 is 0.900 bits per heavy atom. The third kappa shape index (κ3) is 7.91. The largest absolute Gasteiger partial charge is 0.352 e. The van der Waals surface area contributed by atoms with Crippen molar-refractivity contribution in [2.75, 3.05) is 17.4 Å². The molecule has 0 saturated heterocycles. The van der Waals surface area contributed by atoms with E-state index in [2.05, 4.69) is 5.32 Å². The van der Waals surface area contributed by atoms with Gasteiger partial charge >= 0.3 is 0 Å². The fourth-order valence-electron chi connectivity index (χ4n) is 4.31. The van der Waals surface area contributed by atoms with E-state index in [4.69, 9.17) is 0 Å². The predicted molar refractivity (Wildman–Crippen MR) is 156 cm³/mol. The number of aryl methyl sites for hydroxylation is 1. The summed E-state index contributed by atoms with van der Waals surface area (Å²) >= 11 is 0. The fourth-order valence-corrected chi connectivity index (χ4v) is 5.72. The van der Waals surface area contributed by atoms with E-state index in [9.17, 15) is 22.4 Å². The van der Waals surface area contributed by atoms with Crippen LogP contribution in [0, 0.1) is 12.7 Å². The Balaban J connectivity index is 2.00. The minimum atomic E-state index is -4.19. The molecule has 2 amide bonds. The van der Waals surface area contributed by atoms with Gasteiger partial charge in [-0.1, -0.05) is 61.9 Å². The molecule has 40 heavy (non-hydrogen) atoms. The molecule has 0 aliphatic heterocycles. The van der Waals surface area contributed by atoms with E-state index < -0.39 is 34.3 Å². The summed E-state index contributed by atoms with van der Waals surface area (Å²) in [5.41, 5.74) is 2.02. The maximum atomic E-state index is 14.0. The van der Waals surface area contributed by atoms with Crippen LogP contribution in [0.3, 0.4) is 0 Å². The van der Waals surface area contributed by atoms with Crippen LogP contribution < -0.4 is 9.62 Å². The summed E-state index contributed by atoms with van der Waals surface area (Å²) in [4.78, 5) is 28.7. The van der Waals surface area contributed by atoms with Crippen molar-refractivity contribution in [3.63, 3.8) is 0 Å². The number of hydrogen-bond acceptors (Lipinski definition) is 4. The summed E-state index contributed by atoms with van der Waals surface area (Å²) in [6.07, 6.45) is 1.57. The van der Waals surface area contributed by atoms with Crippen molar-refractivity contribution in [2.45, 2.75) is 63.9 Å². The standard InChI is InChI=1S/C31H38FN3O4S/c1-5-24(4)33-31(37)29(6-2)34(21-20-25-10-8-7-9-11-25)30(36)22-35(27-16-14-26(32)15-17-27)40(38,39)28-18-12-23(3)13-19-28/h7-19,24,29H,5-6,20-22H2,1-4H3,(H,33,37)/t24-,29+/m1/s1. The van der Waals surface area contributed by atoms with Gasteiger partial charge in [0.1, 0.15) is 18.4 Å². The monoisotopic (exact) mass is 567 g/mol. The van der Waals surface area contributed by atoms with Crippen LogP contribution in [0.25, 0.3) is 0 Å². The molecule has 7 nitrogen and oxygen atoms in total. The normalized spacial score (nSPS) is 12.8. The third-order valence-electron chi connectivity index (χ3n) is 6.87. The zero-order chi connectivity index (χ0) is 29.3. The number of benzene rings is 3. The molecule has 3 rings (SSSR count). The number of rotatable bonds is 13. The molecule has 3 aromatic carbocycles. The number of halogens is 1. The SMILES string of the molecule is CC[C@@H](C)NC(=O)[C@H](CC)N(CCc1ccccc1)C(=O)CN(c1ccc(F)cc1)S(=O)(=O)c1ccc(C)cc1. The molecule has 214 valence electrons. The van der Waals surface area contributed by atoms with Gasteiger partial charge in [0.2, 0.25) is 11.8 Å². The summed E-state index contributed by atoms with van der Waals surface area (Å²) in [5, 5.41) is 2.96. The fraction of sp³-hybridized carbons (Fsp3) is 0.355. The molecule has 0 saturated carbocycles. The molecule has 0 bridgehead atoms. The highest BCUT2D eigenvalue weighted by Crippen LogP contribution is 2.25. The van der Waals surface area contributed by atoms with Crippen molar-refractivity contribution in [1.82, 2.24) is 10.2 Å².